The summed E-state index contributed by atoms with van der Waals surface area (Å²) in [5.41, 5.74) is 0.172. The van der Waals surface area contributed by atoms with Gasteiger partial charge in [-0.15, -0.1) is 0 Å². The van der Waals surface area contributed by atoms with Gasteiger partial charge in [0.1, 0.15) is 0 Å². The lowest BCUT2D eigenvalue weighted by Gasteiger charge is -2.27. The maximum atomic E-state index is 12.9. The SMILES string of the molecule is N#Cc1cccc(S(=O)(=O)N(CCCC(=O)O)[C@H]2CCS(=O)(=O)C2)c1. The fraction of sp³-hybridized carbons (Fsp3) is 0.467. The fourth-order valence-electron chi connectivity index (χ4n) is 2.75. The molecular formula is C15H18N2O6S2. The van der Waals surface area contributed by atoms with Crippen LogP contribution in [0.3, 0.4) is 0 Å². The minimum Gasteiger partial charge on any atom is -0.481 e. The predicted molar refractivity (Wildman–Crippen MR) is 89.0 cm³/mol. The fourth-order valence-corrected chi connectivity index (χ4v) is 6.31. The number of carbonyl (C=O) groups is 1. The number of carboxylic acid groups (broad SMARTS) is 1. The van der Waals surface area contributed by atoms with Crippen molar-refractivity contribution < 1.29 is 26.7 Å². The number of hydrogen-bond donors (Lipinski definition) is 1. The van der Waals surface area contributed by atoms with Crippen molar-refractivity contribution in [2.24, 2.45) is 0 Å². The molecule has 1 aliphatic rings. The molecule has 0 saturated carbocycles. The number of aliphatic carboxylic acids is 1. The maximum absolute atomic E-state index is 12.9. The molecule has 0 aromatic heterocycles. The molecule has 1 aliphatic heterocycles. The van der Waals surface area contributed by atoms with Crippen LogP contribution in [0.15, 0.2) is 29.2 Å². The van der Waals surface area contributed by atoms with Crippen molar-refractivity contribution >= 4 is 25.8 Å². The topological polar surface area (TPSA) is 133 Å². The normalized spacial score (nSPS) is 19.6. The summed E-state index contributed by atoms with van der Waals surface area (Å²) in [4.78, 5) is 10.6. The molecular weight excluding hydrogens is 368 g/mol. The predicted octanol–water partition coefficient (Wildman–Crippen LogP) is 0.601. The molecule has 8 nitrogen and oxygen atoms in total. The van der Waals surface area contributed by atoms with Gasteiger partial charge in [0.25, 0.3) is 0 Å². The Morgan fingerprint density at radius 1 is 1.40 bits per heavy atom. The Balaban J connectivity index is 2.35. The van der Waals surface area contributed by atoms with Crippen LogP contribution in [-0.2, 0) is 24.7 Å². The van der Waals surface area contributed by atoms with Crippen molar-refractivity contribution in [2.45, 2.75) is 30.2 Å². The summed E-state index contributed by atoms with van der Waals surface area (Å²) >= 11 is 0. The summed E-state index contributed by atoms with van der Waals surface area (Å²) in [6.07, 6.45) is 0.0271. The second-order valence-electron chi connectivity index (χ2n) is 5.81. The van der Waals surface area contributed by atoms with E-state index in [1.807, 2.05) is 6.07 Å². The second kappa shape index (κ2) is 7.51. The highest BCUT2D eigenvalue weighted by Crippen LogP contribution is 2.26. The van der Waals surface area contributed by atoms with Crippen LogP contribution in [0.25, 0.3) is 0 Å². The number of sulfone groups is 1. The smallest absolute Gasteiger partial charge is 0.303 e. The molecule has 0 aliphatic carbocycles. The van der Waals surface area contributed by atoms with Gasteiger partial charge >= 0.3 is 5.97 Å². The van der Waals surface area contributed by atoms with Crippen molar-refractivity contribution in [2.75, 3.05) is 18.1 Å². The van der Waals surface area contributed by atoms with Gasteiger partial charge in [-0.1, -0.05) is 6.07 Å². The van der Waals surface area contributed by atoms with Gasteiger partial charge in [-0.2, -0.15) is 9.57 Å². The zero-order chi connectivity index (χ0) is 18.7. The first kappa shape index (κ1) is 19.4. The van der Waals surface area contributed by atoms with E-state index >= 15 is 0 Å². The highest BCUT2D eigenvalue weighted by Gasteiger charge is 2.38. The highest BCUT2D eigenvalue weighted by atomic mass is 32.2. The second-order valence-corrected chi connectivity index (χ2v) is 9.93. The molecule has 2 rings (SSSR count). The van der Waals surface area contributed by atoms with Gasteiger partial charge in [0.15, 0.2) is 9.84 Å². The van der Waals surface area contributed by atoms with Crippen LogP contribution in [-0.4, -0.2) is 56.3 Å². The van der Waals surface area contributed by atoms with E-state index in [4.69, 9.17) is 10.4 Å². The van der Waals surface area contributed by atoms with Crippen LogP contribution >= 0.6 is 0 Å². The van der Waals surface area contributed by atoms with Gasteiger partial charge < -0.3 is 5.11 Å². The molecule has 1 saturated heterocycles. The Hall–Kier alpha value is -1.96. The molecule has 0 spiro atoms. The Bertz CT molecular complexity index is 902. The van der Waals surface area contributed by atoms with Crippen LogP contribution in [0.5, 0.6) is 0 Å². The van der Waals surface area contributed by atoms with Crippen molar-refractivity contribution in [1.29, 1.82) is 5.26 Å². The summed E-state index contributed by atoms with van der Waals surface area (Å²) in [7, 11) is -7.35. The van der Waals surface area contributed by atoms with Crippen molar-refractivity contribution in [3.63, 3.8) is 0 Å². The van der Waals surface area contributed by atoms with E-state index in [0.717, 1.165) is 4.31 Å². The first-order valence-electron chi connectivity index (χ1n) is 7.60. The van der Waals surface area contributed by atoms with Crippen LogP contribution in [0.4, 0.5) is 0 Å². The van der Waals surface area contributed by atoms with Crippen LogP contribution in [0.2, 0.25) is 0 Å². The maximum Gasteiger partial charge on any atom is 0.303 e. The Kier molecular flexibility index (Phi) is 5.82. The third kappa shape index (κ3) is 4.78. The molecule has 1 aromatic carbocycles. The molecule has 136 valence electrons. The monoisotopic (exact) mass is 386 g/mol. The quantitative estimate of drug-likeness (QED) is 0.725. The molecule has 0 radical (unpaired) electrons. The lowest BCUT2D eigenvalue weighted by Crippen LogP contribution is -2.41. The first-order chi connectivity index (χ1) is 11.7. The number of rotatable bonds is 7. The summed E-state index contributed by atoms with van der Waals surface area (Å²) < 4.78 is 50.4. The third-order valence-corrected chi connectivity index (χ3v) is 7.65. The van der Waals surface area contributed by atoms with Crippen LogP contribution < -0.4 is 0 Å². The first-order valence-corrected chi connectivity index (χ1v) is 10.9. The Morgan fingerprint density at radius 2 is 2.12 bits per heavy atom. The van der Waals surface area contributed by atoms with Crippen molar-refractivity contribution in [1.82, 2.24) is 4.31 Å². The van der Waals surface area contributed by atoms with Gasteiger partial charge in [-0.3, -0.25) is 4.79 Å². The molecule has 1 aromatic rings. The van der Waals surface area contributed by atoms with E-state index in [9.17, 15) is 21.6 Å². The van der Waals surface area contributed by atoms with Crippen molar-refractivity contribution in [3.8, 4) is 6.07 Å². The number of hydrogen-bond acceptors (Lipinski definition) is 6. The molecule has 0 unspecified atom stereocenters. The summed E-state index contributed by atoms with van der Waals surface area (Å²) in [6.45, 7) is -0.0917. The number of nitriles is 1. The van der Waals surface area contributed by atoms with E-state index < -0.39 is 31.9 Å². The van der Waals surface area contributed by atoms with Gasteiger partial charge in [-0.25, -0.2) is 16.8 Å². The average Bonchev–Trinajstić information content (AvgIpc) is 2.90. The zero-order valence-electron chi connectivity index (χ0n) is 13.3. The molecule has 25 heavy (non-hydrogen) atoms. The molecule has 1 atom stereocenters. The minimum absolute atomic E-state index is 0.0725. The summed E-state index contributed by atoms with van der Waals surface area (Å²) in [6, 6.07) is 6.60. The van der Waals surface area contributed by atoms with Crippen LogP contribution in [0, 0.1) is 11.3 Å². The van der Waals surface area contributed by atoms with E-state index in [2.05, 4.69) is 0 Å². The molecule has 1 fully saturated rings. The summed E-state index contributed by atoms with van der Waals surface area (Å²) in [5.74, 6) is -1.43. The minimum atomic E-state index is -4.04. The molecule has 0 bridgehead atoms. The van der Waals surface area contributed by atoms with Crippen LogP contribution in [0.1, 0.15) is 24.8 Å². The van der Waals surface area contributed by atoms with E-state index in [1.54, 1.807) is 0 Å². The van der Waals surface area contributed by atoms with E-state index in [1.165, 1.54) is 24.3 Å². The van der Waals surface area contributed by atoms with E-state index in [0.29, 0.717) is 0 Å². The molecule has 10 heteroatoms. The lowest BCUT2D eigenvalue weighted by atomic mass is 10.2. The zero-order valence-corrected chi connectivity index (χ0v) is 15.0. The molecule has 1 N–H and O–H groups in total. The van der Waals surface area contributed by atoms with Gasteiger partial charge in [-0.05, 0) is 31.0 Å². The number of sulfonamides is 1. The highest BCUT2D eigenvalue weighted by molar-refractivity contribution is 7.92. The Morgan fingerprint density at radius 3 is 2.68 bits per heavy atom. The number of nitrogens with zero attached hydrogens (tertiary/aromatic N) is 2. The number of carboxylic acids is 1. The van der Waals surface area contributed by atoms with Gasteiger partial charge in [0, 0.05) is 19.0 Å². The standard InChI is InChI=1S/C15H18N2O6S2/c16-10-12-3-1-4-14(9-12)25(22,23)17(7-2-5-15(18)19)13-6-8-24(20,21)11-13/h1,3-4,9,13H,2,5-8,11H2,(H,18,19)/t13-/m0/s1. The number of benzene rings is 1. The largest absolute Gasteiger partial charge is 0.481 e. The Labute approximate surface area is 146 Å². The van der Waals surface area contributed by atoms with Gasteiger partial charge in [0.05, 0.1) is 28.0 Å². The summed E-state index contributed by atoms with van der Waals surface area (Å²) in [5, 5.41) is 17.7. The lowest BCUT2D eigenvalue weighted by molar-refractivity contribution is -0.137. The van der Waals surface area contributed by atoms with Crippen molar-refractivity contribution in [3.05, 3.63) is 29.8 Å². The molecule has 1 heterocycles. The third-order valence-electron chi connectivity index (χ3n) is 3.95. The average molecular weight is 386 g/mol. The molecule has 0 amide bonds. The van der Waals surface area contributed by atoms with Gasteiger partial charge in [0.2, 0.25) is 10.0 Å². The van der Waals surface area contributed by atoms with E-state index in [-0.39, 0.29) is 47.8 Å².